The minimum Gasteiger partial charge on any atom is -0.480 e. The topological polar surface area (TPSA) is 87.6 Å². The number of hydrogen-bond acceptors (Lipinski definition) is 6. The SMILES string of the molecule is CC(C)(F)CCc1ncccc1C(C(=O)O)N1CC[C@@H](OCCCCc2ccc3c(n2)CCCN3)C1. The molecule has 0 bridgehead atoms. The van der Waals surface area contributed by atoms with Gasteiger partial charge in [-0.2, -0.15) is 0 Å². The van der Waals surface area contributed by atoms with E-state index < -0.39 is 17.7 Å². The van der Waals surface area contributed by atoms with E-state index in [-0.39, 0.29) is 6.10 Å². The monoisotopic (exact) mass is 498 g/mol. The summed E-state index contributed by atoms with van der Waals surface area (Å²) in [5.41, 5.74) is 3.47. The van der Waals surface area contributed by atoms with Crippen LogP contribution in [0.5, 0.6) is 0 Å². The molecule has 8 heteroatoms. The van der Waals surface area contributed by atoms with Crippen LogP contribution in [0.2, 0.25) is 0 Å². The molecule has 1 unspecified atom stereocenters. The van der Waals surface area contributed by atoms with Crippen molar-refractivity contribution in [2.75, 3.05) is 31.6 Å². The molecule has 2 aliphatic rings. The third kappa shape index (κ3) is 7.23. The second-order valence-electron chi connectivity index (χ2n) is 10.6. The average Bonchev–Trinajstić information content (AvgIpc) is 3.30. The van der Waals surface area contributed by atoms with Gasteiger partial charge in [0.1, 0.15) is 11.7 Å². The Morgan fingerprint density at radius 1 is 1.31 bits per heavy atom. The summed E-state index contributed by atoms with van der Waals surface area (Å²) < 4.78 is 20.2. The molecule has 4 rings (SSSR count). The second kappa shape index (κ2) is 12.1. The van der Waals surface area contributed by atoms with Gasteiger partial charge in [-0.25, -0.2) is 4.39 Å². The van der Waals surface area contributed by atoms with E-state index in [1.54, 1.807) is 12.3 Å². The Hall–Kier alpha value is -2.58. The fourth-order valence-electron chi connectivity index (χ4n) is 5.11. The maximum Gasteiger partial charge on any atom is 0.325 e. The van der Waals surface area contributed by atoms with Crippen molar-refractivity contribution in [2.45, 2.75) is 83.0 Å². The number of fused-ring (bicyclic) bond motifs is 1. The van der Waals surface area contributed by atoms with Crippen LogP contribution in [0.15, 0.2) is 30.5 Å². The van der Waals surface area contributed by atoms with E-state index >= 15 is 0 Å². The van der Waals surface area contributed by atoms with Gasteiger partial charge in [0, 0.05) is 49.4 Å². The molecule has 2 aliphatic heterocycles. The van der Waals surface area contributed by atoms with E-state index in [2.05, 4.69) is 22.4 Å². The molecule has 0 aromatic carbocycles. The maximum absolute atomic E-state index is 14.1. The standard InChI is InChI=1S/C28H39FN4O3/c1-28(2,29)14-12-23-22(8-5-15-30-23)26(27(34)35)33-17-13-21(19-33)36-18-4-3-7-20-10-11-24-25(32-20)9-6-16-31-24/h5,8,10-11,15,21,26,31H,3-4,6-7,9,12-14,16-19H2,1-2H3,(H,34,35)/t21-,26?/m1/s1. The molecule has 0 aliphatic carbocycles. The van der Waals surface area contributed by atoms with Crippen molar-refractivity contribution in [1.82, 2.24) is 14.9 Å². The van der Waals surface area contributed by atoms with Gasteiger partial charge in [-0.05, 0) is 83.4 Å². The molecule has 2 N–H and O–H groups in total. The number of halogens is 1. The smallest absolute Gasteiger partial charge is 0.325 e. The van der Waals surface area contributed by atoms with Crippen LogP contribution in [0.25, 0.3) is 0 Å². The van der Waals surface area contributed by atoms with E-state index in [0.29, 0.717) is 43.8 Å². The number of alkyl halides is 1. The number of aliphatic carboxylic acids is 1. The number of carboxylic acids is 1. The molecular weight excluding hydrogens is 459 g/mol. The van der Waals surface area contributed by atoms with Gasteiger partial charge in [0.05, 0.1) is 17.5 Å². The first-order chi connectivity index (χ1) is 17.3. The van der Waals surface area contributed by atoms with Gasteiger partial charge in [-0.1, -0.05) is 6.07 Å². The second-order valence-corrected chi connectivity index (χ2v) is 10.6. The Morgan fingerprint density at radius 2 is 2.17 bits per heavy atom. The zero-order valence-electron chi connectivity index (χ0n) is 21.5. The number of likely N-dealkylation sites (tertiary alicyclic amines) is 1. The van der Waals surface area contributed by atoms with E-state index in [9.17, 15) is 14.3 Å². The predicted molar refractivity (Wildman–Crippen MR) is 138 cm³/mol. The number of carbonyl (C=O) groups is 1. The van der Waals surface area contributed by atoms with Crippen LogP contribution in [-0.2, 0) is 28.8 Å². The number of anilines is 1. The van der Waals surface area contributed by atoms with Gasteiger partial charge in [-0.15, -0.1) is 0 Å². The van der Waals surface area contributed by atoms with Gasteiger partial charge in [0.2, 0.25) is 0 Å². The van der Waals surface area contributed by atoms with Crippen molar-refractivity contribution >= 4 is 11.7 Å². The molecule has 7 nitrogen and oxygen atoms in total. The summed E-state index contributed by atoms with van der Waals surface area (Å²) in [6.07, 6.45) is 8.25. The lowest BCUT2D eigenvalue weighted by Gasteiger charge is -2.26. The van der Waals surface area contributed by atoms with Crippen molar-refractivity contribution in [2.24, 2.45) is 0 Å². The summed E-state index contributed by atoms with van der Waals surface area (Å²) in [6, 6.07) is 7.03. The highest BCUT2D eigenvalue weighted by Crippen LogP contribution is 2.30. The Kier molecular flexibility index (Phi) is 8.90. The molecule has 0 radical (unpaired) electrons. The summed E-state index contributed by atoms with van der Waals surface area (Å²) in [6.45, 7) is 5.97. The number of nitrogens with one attached hydrogen (secondary N) is 1. The number of unbranched alkanes of at least 4 members (excludes halogenated alkanes) is 1. The first-order valence-corrected chi connectivity index (χ1v) is 13.2. The number of nitrogens with zero attached hydrogens (tertiary/aromatic N) is 3. The van der Waals surface area contributed by atoms with Gasteiger partial charge in [0.15, 0.2) is 0 Å². The fourth-order valence-corrected chi connectivity index (χ4v) is 5.11. The van der Waals surface area contributed by atoms with Crippen LogP contribution in [0.4, 0.5) is 10.1 Å². The van der Waals surface area contributed by atoms with Crippen molar-refractivity contribution in [3.05, 3.63) is 53.1 Å². The summed E-state index contributed by atoms with van der Waals surface area (Å²) in [7, 11) is 0. The van der Waals surface area contributed by atoms with Crippen molar-refractivity contribution in [3.8, 4) is 0 Å². The van der Waals surface area contributed by atoms with Crippen LogP contribution in [0.3, 0.4) is 0 Å². The Labute approximate surface area is 213 Å². The molecule has 2 atom stereocenters. The molecule has 4 heterocycles. The first-order valence-electron chi connectivity index (χ1n) is 13.2. The highest BCUT2D eigenvalue weighted by molar-refractivity contribution is 5.76. The zero-order valence-corrected chi connectivity index (χ0v) is 21.5. The Bertz CT molecular complexity index is 1030. The predicted octanol–water partition coefficient (Wildman–Crippen LogP) is 4.75. The molecule has 1 fully saturated rings. The van der Waals surface area contributed by atoms with Crippen molar-refractivity contribution in [1.29, 1.82) is 0 Å². The number of rotatable bonds is 12. The molecule has 0 spiro atoms. The van der Waals surface area contributed by atoms with Gasteiger partial charge >= 0.3 is 5.97 Å². The number of aryl methyl sites for hydroxylation is 3. The van der Waals surface area contributed by atoms with Gasteiger partial charge in [0.25, 0.3) is 0 Å². The van der Waals surface area contributed by atoms with Crippen molar-refractivity contribution < 1.29 is 19.0 Å². The third-order valence-electron chi connectivity index (χ3n) is 7.07. The summed E-state index contributed by atoms with van der Waals surface area (Å²) >= 11 is 0. The summed E-state index contributed by atoms with van der Waals surface area (Å²) in [4.78, 5) is 23.4. The van der Waals surface area contributed by atoms with Crippen LogP contribution < -0.4 is 5.32 Å². The maximum atomic E-state index is 14.1. The number of pyridine rings is 2. The molecule has 0 saturated carbocycles. The van der Waals surface area contributed by atoms with Gasteiger partial charge < -0.3 is 15.2 Å². The van der Waals surface area contributed by atoms with Crippen LogP contribution >= 0.6 is 0 Å². The normalized spacial score (nSPS) is 19.0. The lowest BCUT2D eigenvalue weighted by atomic mass is 9.97. The van der Waals surface area contributed by atoms with Gasteiger partial charge in [-0.3, -0.25) is 19.7 Å². The Morgan fingerprint density at radius 3 is 2.97 bits per heavy atom. The van der Waals surface area contributed by atoms with E-state index in [4.69, 9.17) is 9.72 Å². The lowest BCUT2D eigenvalue weighted by molar-refractivity contribution is -0.143. The Balaban J connectivity index is 1.25. The van der Waals surface area contributed by atoms with Crippen LogP contribution in [0, 0.1) is 0 Å². The lowest BCUT2D eigenvalue weighted by Crippen LogP contribution is -2.34. The van der Waals surface area contributed by atoms with E-state index in [0.717, 1.165) is 50.8 Å². The highest BCUT2D eigenvalue weighted by Gasteiger charge is 2.35. The molecule has 1 saturated heterocycles. The highest BCUT2D eigenvalue weighted by atomic mass is 19.1. The summed E-state index contributed by atoms with van der Waals surface area (Å²) in [5.74, 6) is -0.905. The first kappa shape index (κ1) is 26.5. The van der Waals surface area contributed by atoms with Crippen LogP contribution in [0.1, 0.15) is 74.6 Å². The minimum atomic E-state index is -1.33. The molecule has 0 amide bonds. The number of hydrogen-bond donors (Lipinski definition) is 2. The summed E-state index contributed by atoms with van der Waals surface area (Å²) in [5, 5.41) is 13.5. The molecule has 196 valence electrons. The third-order valence-corrected chi connectivity index (χ3v) is 7.07. The quantitative estimate of drug-likeness (QED) is 0.408. The average molecular weight is 499 g/mol. The fraction of sp³-hybridized carbons (Fsp3) is 0.607. The molecule has 36 heavy (non-hydrogen) atoms. The number of ether oxygens (including phenoxy) is 1. The number of carboxylic acid groups (broad SMARTS) is 1. The zero-order chi connectivity index (χ0) is 25.5. The molecular formula is C28H39FN4O3. The van der Waals surface area contributed by atoms with Crippen molar-refractivity contribution in [3.63, 3.8) is 0 Å². The molecule has 2 aromatic heterocycles. The van der Waals surface area contributed by atoms with E-state index in [1.165, 1.54) is 25.2 Å². The van der Waals surface area contributed by atoms with Crippen LogP contribution in [-0.4, -0.2) is 64.0 Å². The largest absolute Gasteiger partial charge is 0.480 e. The minimum absolute atomic E-state index is 0.0182. The van der Waals surface area contributed by atoms with E-state index in [1.807, 2.05) is 11.0 Å². The number of aromatic nitrogens is 2. The molecule has 2 aromatic rings.